The van der Waals surface area contributed by atoms with Crippen molar-refractivity contribution in [2.45, 2.75) is 6.92 Å². The lowest BCUT2D eigenvalue weighted by molar-refractivity contribution is 0.340. The van der Waals surface area contributed by atoms with Gasteiger partial charge in [0.25, 0.3) is 0 Å². The lowest BCUT2D eigenvalue weighted by Gasteiger charge is -2.05. The van der Waals surface area contributed by atoms with Gasteiger partial charge in [-0.15, -0.1) is 0 Å². The highest BCUT2D eigenvalue weighted by Crippen LogP contribution is 2.15. The second kappa shape index (κ2) is 5.40. The fraction of sp³-hybridized carbons (Fsp3) is 0.182. The first-order valence-electron chi connectivity index (χ1n) is 5.19. The molecule has 6 heteroatoms. The van der Waals surface area contributed by atoms with Gasteiger partial charge in [0.15, 0.2) is 0 Å². The Labute approximate surface area is 104 Å². The zero-order valence-corrected chi connectivity index (χ0v) is 10.1. The molecule has 0 bridgehead atoms. The highest BCUT2D eigenvalue weighted by atomic mass is 32.1. The van der Waals surface area contributed by atoms with E-state index in [0.29, 0.717) is 11.4 Å². The van der Waals surface area contributed by atoms with Crippen LogP contribution >= 0.6 is 12.2 Å². The Bertz CT molecular complexity index is 573. The molecular formula is C11H12N4OS. The first kappa shape index (κ1) is 11.5. The number of aromatic nitrogens is 3. The Kier molecular flexibility index (Phi) is 3.66. The highest BCUT2D eigenvalue weighted by molar-refractivity contribution is 7.71. The maximum Gasteiger partial charge on any atom is 0.216 e. The van der Waals surface area contributed by atoms with Crippen molar-refractivity contribution >= 4 is 18.4 Å². The number of benzene rings is 1. The van der Waals surface area contributed by atoms with Crippen molar-refractivity contribution in [3.8, 4) is 5.75 Å². The predicted octanol–water partition coefficient (Wildman–Crippen LogP) is 2.22. The Balaban J connectivity index is 2.27. The minimum absolute atomic E-state index is 0.454. The van der Waals surface area contributed by atoms with Gasteiger partial charge in [0.2, 0.25) is 4.77 Å². The second-order valence-corrected chi connectivity index (χ2v) is 3.61. The van der Waals surface area contributed by atoms with Gasteiger partial charge >= 0.3 is 0 Å². The smallest absolute Gasteiger partial charge is 0.216 e. The average Bonchev–Trinajstić information content (AvgIpc) is 2.74. The number of para-hydroxylation sites is 1. The average molecular weight is 248 g/mol. The molecule has 1 aromatic carbocycles. The first-order chi connectivity index (χ1) is 8.31. The van der Waals surface area contributed by atoms with Crippen molar-refractivity contribution in [1.82, 2.24) is 14.9 Å². The zero-order valence-electron chi connectivity index (χ0n) is 9.33. The third-order valence-corrected chi connectivity index (χ3v) is 2.35. The molecule has 5 nitrogen and oxygen atoms in total. The van der Waals surface area contributed by atoms with E-state index in [2.05, 4.69) is 15.3 Å². The number of aromatic amines is 1. The Morgan fingerprint density at radius 3 is 3.06 bits per heavy atom. The SMILES string of the molecule is CCOc1ccccc1/C=N/n1cn[nH]c1=S. The molecule has 1 heterocycles. The van der Waals surface area contributed by atoms with Gasteiger partial charge < -0.3 is 4.74 Å². The molecule has 1 aromatic heterocycles. The molecule has 2 aromatic rings. The van der Waals surface area contributed by atoms with Crippen LogP contribution in [0.5, 0.6) is 5.75 Å². The molecule has 0 fully saturated rings. The van der Waals surface area contributed by atoms with E-state index in [1.165, 1.54) is 11.0 Å². The second-order valence-electron chi connectivity index (χ2n) is 3.22. The van der Waals surface area contributed by atoms with Crippen LogP contribution in [-0.2, 0) is 0 Å². The van der Waals surface area contributed by atoms with Crippen LogP contribution in [-0.4, -0.2) is 27.7 Å². The summed E-state index contributed by atoms with van der Waals surface area (Å²) in [6, 6.07) is 7.68. The van der Waals surface area contributed by atoms with Crippen LogP contribution < -0.4 is 4.74 Å². The molecule has 0 aliphatic carbocycles. The van der Waals surface area contributed by atoms with Gasteiger partial charge in [-0.25, -0.2) is 0 Å². The number of ether oxygens (including phenoxy) is 1. The molecule has 0 amide bonds. The molecule has 0 aliphatic rings. The molecule has 1 N–H and O–H groups in total. The number of nitrogens with zero attached hydrogens (tertiary/aromatic N) is 3. The lowest BCUT2D eigenvalue weighted by atomic mass is 10.2. The summed E-state index contributed by atoms with van der Waals surface area (Å²) in [5.74, 6) is 0.800. The van der Waals surface area contributed by atoms with Crippen LogP contribution in [0.3, 0.4) is 0 Å². The summed E-state index contributed by atoms with van der Waals surface area (Å²) in [6.07, 6.45) is 3.21. The normalized spacial score (nSPS) is 10.9. The molecule has 88 valence electrons. The zero-order chi connectivity index (χ0) is 12.1. The van der Waals surface area contributed by atoms with Gasteiger partial charge in [-0.05, 0) is 31.3 Å². The minimum atomic E-state index is 0.454. The van der Waals surface area contributed by atoms with Crippen molar-refractivity contribution in [2.75, 3.05) is 6.61 Å². The molecule has 0 spiro atoms. The largest absolute Gasteiger partial charge is 0.493 e. The van der Waals surface area contributed by atoms with Gasteiger partial charge in [0.05, 0.1) is 12.8 Å². The number of H-pyrrole nitrogens is 1. The molecular weight excluding hydrogens is 236 g/mol. The Morgan fingerprint density at radius 2 is 2.35 bits per heavy atom. The van der Waals surface area contributed by atoms with Gasteiger partial charge in [-0.1, -0.05) is 12.1 Å². The molecule has 0 radical (unpaired) electrons. The summed E-state index contributed by atoms with van der Waals surface area (Å²) in [4.78, 5) is 0. The number of rotatable bonds is 4. The third-order valence-electron chi connectivity index (χ3n) is 2.08. The highest BCUT2D eigenvalue weighted by Gasteiger charge is 1.99. The van der Waals surface area contributed by atoms with Gasteiger partial charge in [0, 0.05) is 5.56 Å². The monoisotopic (exact) mass is 248 g/mol. The molecule has 2 rings (SSSR count). The van der Waals surface area contributed by atoms with Crippen LogP contribution in [0.2, 0.25) is 0 Å². The van der Waals surface area contributed by atoms with E-state index in [0.717, 1.165) is 11.3 Å². The first-order valence-corrected chi connectivity index (χ1v) is 5.60. The van der Waals surface area contributed by atoms with Gasteiger partial charge in [-0.3, -0.25) is 5.10 Å². The van der Waals surface area contributed by atoms with Gasteiger partial charge in [-0.2, -0.15) is 14.9 Å². The van der Waals surface area contributed by atoms with Crippen molar-refractivity contribution < 1.29 is 4.74 Å². The lowest BCUT2D eigenvalue weighted by Crippen LogP contribution is -1.96. The topological polar surface area (TPSA) is 55.2 Å². The van der Waals surface area contributed by atoms with E-state index in [-0.39, 0.29) is 0 Å². The molecule has 0 atom stereocenters. The minimum Gasteiger partial charge on any atom is -0.493 e. The molecule has 0 aliphatic heterocycles. The third kappa shape index (κ3) is 2.79. The van der Waals surface area contributed by atoms with E-state index in [1.54, 1.807) is 6.21 Å². The van der Waals surface area contributed by atoms with E-state index >= 15 is 0 Å². The Hall–Kier alpha value is -1.95. The van der Waals surface area contributed by atoms with E-state index in [9.17, 15) is 0 Å². The van der Waals surface area contributed by atoms with Crippen LogP contribution in [0, 0.1) is 4.77 Å². The maximum atomic E-state index is 5.49. The Morgan fingerprint density at radius 1 is 1.53 bits per heavy atom. The van der Waals surface area contributed by atoms with Crippen LogP contribution in [0.4, 0.5) is 0 Å². The molecule has 0 saturated carbocycles. The fourth-order valence-electron chi connectivity index (χ4n) is 1.32. The summed E-state index contributed by atoms with van der Waals surface area (Å²) < 4.78 is 7.43. The van der Waals surface area contributed by atoms with E-state index < -0.39 is 0 Å². The number of hydrogen-bond donors (Lipinski definition) is 1. The van der Waals surface area contributed by atoms with Crippen LogP contribution in [0.25, 0.3) is 0 Å². The van der Waals surface area contributed by atoms with E-state index in [4.69, 9.17) is 17.0 Å². The quantitative estimate of drug-likeness (QED) is 0.666. The summed E-state index contributed by atoms with van der Waals surface area (Å²) in [5.41, 5.74) is 0.900. The van der Waals surface area contributed by atoms with Crippen molar-refractivity contribution in [3.63, 3.8) is 0 Å². The fourth-order valence-corrected chi connectivity index (χ4v) is 1.47. The number of nitrogens with one attached hydrogen (secondary N) is 1. The van der Waals surface area contributed by atoms with Crippen molar-refractivity contribution in [1.29, 1.82) is 0 Å². The van der Waals surface area contributed by atoms with Crippen LogP contribution in [0.1, 0.15) is 12.5 Å². The summed E-state index contributed by atoms with van der Waals surface area (Å²) in [6.45, 7) is 2.57. The molecule has 17 heavy (non-hydrogen) atoms. The number of hydrogen-bond acceptors (Lipinski definition) is 4. The van der Waals surface area contributed by atoms with Gasteiger partial charge in [0.1, 0.15) is 12.1 Å². The predicted molar refractivity (Wildman–Crippen MR) is 68.0 cm³/mol. The van der Waals surface area contributed by atoms with Crippen LogP contribution in [0.15, 0.2) is 35.7 Å². The van der Waals surface area contributed by atoms with Crippen molar-refractivity contribution in [2.24, 2.45) is 5.10 Å². The summed E-state index contributed by atoms with van der Waals surface area (Å²) in [7, 11) is 0. The summed E-state index contributed by atoms with van der Waals surface area (Å²) >= 11 is 4.98. The molecule has 0 unspecified atom stereocenters. The molecule has 0 saturated heterocycles. The van der Waals surface area contributed by atoms with Crippen molar-refractivity contribution in [3.05, 3.63) is 40.9 Å². The standard InChI is InChI=1S/C11H12N4OS/c1-2-16-10-6-4-3-5-9(10)7-13-15-8-12-14-11(15)17/h3-8H,2H2,1H3,(H,14,17)/b13-7+. The summed E-state index contributed by atoms with van der Waals surface area (Å²) in [5, 5.41) is 10.6. The van der Waals surface area contributed by atoms with E-state index in [1.807, 2.05) is 31.2 Å². The maximum absolute atomic E-state index is 5.49.